The molecule has 0 aliphatic heterocycles. The highest BCUT2D eigenvalue weighted by Gasteiger charge is 2.34. The number of rotatable bonds is 6. The summed E-state index contributed by atoms with van der Waals surface area (Å²) in [7, 11) is 0. The van der Waals surface area contributed by atoms with E-state index in [-0.39, 0.29) is 18.0 Å². The minimum absolute atomic E-state index is 0.0457. The van der Waals surface area contributed by atoms with Crippen molar-refractivity contribution >= 4 is 5.91 Å². The predicted molar refractivity (Wildman–Crippen MR) is 71.0 cm³/mol. The van der Waals surface area contributed by atoms with Gasteiger partial charge in [-0.05, 0) is 31.0 Å². The fourth-order valence-electron chi connectivity index (χ4n) is 1.66. The monoisotopic (exact) mass is 306 g/mol. The molecule has 0 spiro atoms. The molecule has 0 bridgehead atoms. The molecule has 2 N–H and O–H groups in total. The number of benzene rings is 1. The van der Waals surface area contributed by atoms with Gasteiger partial charge in [-0.25, -0.2) is 4.39 Å². The standard InChI is InChI=1S/C14H18F4N2O/c1-3-6-19-13(21)9(2)20-8-10-4-5-12(15)11(7-10)14(16,17)18/h4-5,7,9,20H,3,6,8H2,1-2H3,(H,19,21). The van der Waals surface area contributed by atoms with Crippen molar-refractivity contribution in [3.05, 3.63) is 35.1 Å². The predicted octanol–water partition coefficient (Wildman–Crippen LogP) is 2.85. The summed E-state index contributed by atoms with van der Waals surface area (Å²) >= 11 is 0. The van der Waals surface area contributed by atoms with Crippen molar-refractivity contribution in [3.63, 3.8) is 0 Å². The van der Waals surface area contributed by atoms with Crippen LogP contribution in [0.3, 0.4) is 0 Å². The summed E-state index contributed by atoms with van der Waals surface area (Å²) in [6.07, 6.45) is -3.93. The van der Waals surface area contributed by atoms with E-state index in [0.29, 0.717) is 6.54 Å². The summed E-state index contributed by atoms with van der Waals surface area (Å²) in [6.45, 7) is 4.11. The van der Waals surface area contributed by atoms with Crippen molar-refractivity contribution in [3.8, 4) is 0 Å². The lowest BCUT2D eigenvalue weighted by Gasteiger charge is -2.15. The van der Waals surface area contributed by atoms with Gasteiger partial charge in [0.25, 0.3) is 0 Å². The smallest absolute Gasteiger partial charge is 0.355 e. The van der Waals surface area contributed by atoms with Crippen LogP contribution in [0, 0.1) is 5.82 Å². The second-order valence-corrected chi connectivity index (χ2v) is 4.71. The number of amides is 1. The second kappa shape index (κ2) is 7.40. The second-order valence-electron chi connectivity index (χ2n) is 4.71. The molecule has 1 rings (SSSR count). The van der Waals surface area contributed by atoms with E-state index in [4.69, 9.17) is 0 Å². The van der Waals surface area contributed by atoms with Crippen molar-refractivity contribution in [2.75, 3.05) is 6.54 Å². The molecule has 7 heteroatoms. The van der Waals surface area contributed by atoms with Crippen LogP contribution in [0.15, 0.2) is 18.2 Å². The Labute approximate surface area is 120 Å². The molecule has 0 radical (unpaired) electrons. The molecule has 21 heavy (non-hydrogen) atoms. The van der Waals surface area contributed by atoms with E-state index in [1.165, 1.54) is 6.07 Å². The third kappa shape index (κ3) is 5.34. The molecule has 0 fully saturated rings. The Hall–Kier alpha value is -1.63. The molecule has 1 aromatic carbocycles. The molecular weight excluding hydrogens is 288 g/mol. The van der Waals surface area contributed by atoms with E-state index in [1.807, 2.05) is 6.92 Å². The van der Waals surface area contributed by atoms with E-state index < -0.39 is 23.6 Å². The molecule has 0 saturated carbocycles. The van der Waals surface area contributed by atoms with Gasteiger partial charge in [-0.15, -0.1) is 0 Å². The first-order valence-electron chi connectivity index (χ1n) is 6.62. The zero-order valence-corrected chi connectivity index (χ0v) is 11.9. The van der Waals surface area contributed by atoms with Crippen molar-refractivity contribution in [1.82, 2.24) is 10.6 Å². The van der Waals surface area contributed by atoms with Gasteiger partial charge in [0.15, 0.2) is 0 Å². The minimum atomic E-state index is -4.73. The zero-order valence-electron chi connectivity index (χ0n) is 11.9. The largest absolute Gasteiger partial charge is 0.419 e. The van der Waals surface area contributed by atoms with Gasteiger partial charge >= 0.3 is 6.18 Å². The molecule has 1 amide bonds. The number of hydrogen-bond acceptors (Lipinski definition) is 2. The van der Waals surface area contributed by atoms with Gasteiger partial charge in [-0.3, -0.25) is 4.79 Å². The van der Waals surface area contributed by atoms with Crippen LogP contribution in [0.25, 0.3) is 0 Å². The number of carbonyl (C=O) groups excluding carboxylic acids is 1. The lowest BCUT2D eigenvalue weighted by molar-refractivity contribution is -0.140. The van der Waals surface area contributed by atoms with Gasteiger partial charge in [0, 0.05) is 13.1 Å². The molecule has 118 valence electrons. The molecule has 3 nitrogen and oxygen atoms in total. The third-order valence-corrected chi connectivity index (χ3v) is 2.89. The van der Waals surface area contributed by atoms with Crippen LogP contribution in [0.4, 0.5) is 17.6 Å². The van der Waals surface area contributed by atoms with E-state index in [2.05, 4.69) is 10.6 Å². The fraction of sp³-hybridized carbons (Fsp3) is 0.500. The van der Waals surface area contributed by atoms with Crippen molar-refractivity contribution in [2.45, 2.75) is 39.0 Å². The van der Waals surface area contributed by atoms with Crippen molar-refractivity contribution < 1.29 is 22.4 Å². The maximum atomic E-state index is 13.1. The Morgan fingerprint density at radius 1 is 1.33 bits per heavy atom. The summed E-state index contributed by atoms with van der Waals surface area (Å²) in [5.74, 6) is -1.53. The Bertz CT molecular complexity index is 488. The SMILES string of the molecule is CCCNC(=O)C(C)NCc1ccc(F)c(C(F)(F)F)c1. The molecule has 0 aliphatic carbocycles. The van der Waals surface area contributed by atoms with E-state index >= 15 is 0 Å². The van der Waals surface area contributed by atoms with Crippen LogP contribution in [0.1, 0.15) is 31.4 Å². The highest BCUT2D eigenvalue weighted by atomic mass is 19.4. The Morgan fingerprint density at radius 2 is 2.00 bits per heavy atom. The van der Waals surface area contributed by atoms with Crippen LogP contribution in [0.2, 0.25) is 0 Å². The lowest BCUT2D eigenvalue weighted by atomic mass is 10.1. The quantitative estimate of drug-likeness (QED) is 0.794. The third-order valence-electron chi connectivity index (χ3n) is 2.89. The van der Waals surface area contributed by atoms with Gasteiger partial charge < -0.3 is 10.6 Å². The van der Waals surface area contributed by atoms with Crippen LogP contribution >= 0.6 is 0 Å². The maximum Gasteiger partial charge on any atom is 0.419 e. The minimum Gasteiger partial charge on any atom is -0.355 e. The van der Waals surface area contributed by atoms with Crippen LogP contribution < -0.4 is 10.6 Å². The summed E-state index contributed by atoms with van der Waals surface area (Å²) in [6, 6.07) is 2.24. The van der Waals surface area contributed by atoms with Crippen LogP contribution in [0.5, 0.6) is 0 Å². The first-order chi connectivity index (χ1) is 9.75. The topological polar surface area (TPSA) is 41.1 Å². The summed E-state index contributed by atoms with van der Waals surface area (Å²) in [4.78, 5) is 11.6. The van der Waals surface area contributed by atoms with Crippen molar-refractivity contribution in [2.24, 2.45) is 0 Å². The molecule has 0 aromatic heterocycles. The number of halogens is 4. The van der Waals surface area contributed by atoms with Crippen LogP contribution in [-0.2, 0) is 17.5 Å². The summed E-state index contributed by atoms with van der Waals surface area (Å²) in [5, 5.41) is 5.48. The van der Waals surface area contributed by atoms with Gasteiger partial charge in [-0.2, -0.15) is 13.2 Å². The molecule has 0 heterocycles. The zero-order chi connectivity index (χ0) is 16.0. The lowest BCUT2D eigenvalue weighted by Crippen LogP contribution is -2.42. The van der Waals surface area contributed by atoms with E-state index in [0.717, 1.165) is 18.6 Å². The number of hydrogen-bond donors (Lipinski definition) is 2. The number of carbonyl (C=O) groups is 1. The van der Waals surface area contributed by atoms with Gasteiger partial charge in [0.1, 0.15) is 5.82 Å². The van der Waals surface area contributed by atoms with Gasteiger partial charge in [-0.1, -0.05) is 13.0 Å². The van der Waals surface area contributed by atoms with Gasteiger partial charge in [0.2, 0.25) is 5.91 Å². The Balaban J connectivity index is 2.66. The first-order valence-corrected chi connectivity index (χ1v) is 6.62. The van der Waals surface area contributed by atoms with Crippen molar-refractivity contribution in [1.29, 1.82) is 0 Å². The molecule has 1 atom stereocenters. The summed E-state index contributed by atoms with van der Waals surface area (Å²) in [5.41, 5.74) is -1.04. The Kier molecular flexibility index (Phi) is 6.14. The molecule has 1 unspecified atom stereocenters. The van der Waals surface area contributed by atoms with E-state index in [9.17, 15) is 22.4 Å². The molecule has 0 saturated heterocycles. The summed E-state index contributed by atoms with van der Waals surface area (Å²) < 4.78 is 50.8. The van der Waals surface area contributed by atoms with Crippen LogP contribution in [-0.4, -0.2) is 18.5 Å². The highest BCUT2D eigenvalue weighted by Crippen LogP contribution is 2.31. The molecule has 0 aliphatic rings. The highest BCUT2D eigenvalue weighted by molar-refractivity contribution is 5.81. The van der Waals surface area contributed by atoms with Gasteiger partial charge in [0.05, 0.1) is 11.6 Å². The first kappa shape index (κ1) is 17.4. The van der Waals surface area contributed by atoms with E-state index in [1.54, 1.807) is 6.92 Å². The maximum absolute atomic E-state index is 13.1. The number of alkyl halides is 3. The fourth-order valence-corrected chi connectivity index (χ4v) is 1.66. The average Bonchev–Trinajstić information content (AvgIpc) is 2.42. The Morgan fingerprint density at radius 3 is 2.57 bits per heavy atom. The average molecular weight is 306 g/mol. The molecular formula is C14H18F4N2O. The molecule has 1 aromatic rings. The normalized spacial score (nSPS) is 13.0. The number of nitrogens with one attached hydrogen (secondary N) is 2.